The predicted molar refractivity (Wildman–Crippen MR) is 157 cm³/mol. The van der Waals surface area contributed by atoms with Gasteiger partial charge in [0.2, 0.25) is 5.91 Å². The van der Waals surface area contributed by atoms with Crippen LogP contribution in [0.1, 0.15) is 68.8 Å². The molecule has 42 heavy (non-hydrogen) atoms. The van der Waals surface area contributed by atoms with Crippen molar-refractivity contribution in [2.24, 2.45) is 5.92 Å². The van der Waals surface area contributed by atoms with Crippen molar-refractivity contribution in [2.45, 2.75) is 58.5 Å². The van der Waals surface area contributed by atoms with E-state index in [-0.39, 0.29) is 36.3 Å². The van der Waals surface area contributed by atoms with E-state index in [2.05, 4.69) is 6.07 Å². The molecule has 10 nitrogen and oxygen atoms in total. The fourth-order valence-corrected chi connectivity index (χ4v) is 4.82. The summed E-state index contributed by atoms with van der Waals surface area (Å²) in [5.74, 6) is -1.08. The van der Waals surface area contributed by atoms with Crippen LogP contribution >= 0.6 is 0 Å². The van der Waals surface area contributed by atoms with Gasteiger partial charge in [-0.05, 0) is 87.4 Å². The van der Waals surface area contributed by atoms with Gasteiger partial charge < -0.3 is 24.0 Å². The summed E-state index contributed by atoms with van der Waals surface area (Å²) in [4.78, 5) is 53.7. The maximum atomic E-state index is 13.5. The molecule has 2 amide bonds. The molecule has 0 radical (unpaired) electrons. The number of anilines is 1. The second kappa shape index (κ2) is 14.5. The second-order valence-corrected chi connectivity index (χ2v) is 11.3. The van der Waals surface area contributed by atoms with Crippen LogP contribution in [0.25, 0.3) is 11.1 Å². The van der Waals surface area contributed by atoms with E-state index in [0.29, 0.717) is 48.4 Å². The number of carbonyl (C=O) groups is 4. The average Bonchev–Trinajstić information content (AvgIpc) is 2.98. The highest BCUT2D eigenvalue weighted by atomic mass is 16.6. The zero-order valence-electron chi connectivity index (χ0n) is 25.0. The van der Waals surface area contributed by atoms with Crippen LogP contribution in [0.5, 0.6) is 0 Å². The molecule has 0 unspecified atom stereocenters. The number of benzene rings is 2. The molecule has 0 atom stereocenters. The van der Waals surface area contributed by atoms with Gasteiger partial charge in [0, 0.05) is 31.7 Å². The first-order valence-corrected chi connectivity index (χ1v) is 14.0. The van der Waals surface area contributed by atoms with Gasteiger partial charge in [0.1, 0.15) is 5.60 Å². The number of rotatable bonds is 9. The molecule has 2 aromatic rings. The van der Waals surface area contributed by atoms with Crippen LogP contribution in [-0.4, -0.2) is 68.3 Å². The van der Waals surface area contributed by atoms with Gasteiger partial charge in [0.25, 0.3) is 0 Å². The van der Waals surface area contributed by atoms with Gasteiger partial charge in [0.15, 0.2) is 0 Å². The number of methoxy groups -OCH3 is 2. The molecule has 1 saturated heterocycles. The first kappa shape index (κ1) is 32.1. The van der Waals surface area contributed by atoms with E-state index in [0.717, 1.165) is 12.8 Å². The Bertz CT molecular complexity index is 1330. The van der Waals surface area contributed by atoms with Gasteiger partial charge >= 0.3 is 18.0 Å². The van der Waals surface area contributed by atoms with Crippen LogP contribution in [0.15, 0.2) is 42.5 Å². The Labute approximate surface area is 247 Å². The summed E-state index contributed by atoms with van der Waals surface area (Å²) in [6.07, 6.45) is 1.72. The summed E-state index contributed by atoms with van der Waals surface area (Å²) >= 11 is 0. The summed E-state index contributed by atoms with van der Waals surface area (Å²) in [7, 11) is 2.56. The molecule has 1 aliphatic heterocycles. The number of nitriles is 1. The normalized spacial score (nSPS) is 13.6. The standard InChI is InChI=1S/C32H39N3O7/c1-32(2,3)42-31(39)34-14-11-22(12-15-34)13-16-35(28(36)9-10-29(37)40-4)27-19-25(18-26(20-27)30(38)41-5)24-8-6-7-23(17-24)21-33/h6-8,17-20,22H,9-16H2,1-5H3. The second-order valence-electron chi connectivity index (χ2n) is 11.3. The maximum Gasteiger partial charge on any atom is 0.410 e. The fraction of sp³-hybridized carbons (Fsp3) is 0.469. The molecule has 0 aromatic heterocycles. The van der Waals surface area contributed by atoms with E-state index in [1.165, 1.54) is 14.2 Å². The van der Waals surface area contributed by atoms with Crippen molar-refractivity contribution >= 4 is 29.6 Å². The zero-order chi connectivity index (χ0) is 30.9. The van der Waals surface area contributed by atoms with Crippen molar-refractivity contribution in [1.29, 1.82) is 5.26 Å². The number of carbonyl (C=O) groups excluding carboxylic acids is 4. The molecule has 1 fully saturated rings. The van der Waals surface area contributed by atoms with E-state index in [1.807, 2.05) is 26.8 Å². The van der Waals surface area contributed by atoms with E-state index in [9.17, 15) is 24.4 Å². The summed E-state index contributed by atoms with van der Waals surface area (Å²) in [5, 5.41) is 9.38. The highest BCUT2D eigenvalue weighted by Gasteiger charge is 2.28. The summed E-state index contributed by atoms with van der Waals surface area (Å²) in [5.41, 5.74) is 1.98. The smallest absolute Gasteiger partial charge is 0.410 e. The lowest BCUT2D eigenvalue weighted by molar-refractivity contribution is -0.141. The molecule has 3 rings (SSSR count). The average molecular weight is 578 g/mol. The predicted octanol–water partition coefficient (Wildman–Crippen LogP) is 5.34. The lowest BCUT2D eigenvalue weighted by Gasteiger charge is -2.34. The minimum atomic E-state index is -0.564. The van der Waals surface area contributed by atoms with Gasteiger partial charge in [-0.25, -0.2) is 9.59 Å². The lowest BCUT2D eigenvalue weighted by Crippen LogP contribution is -2.42. The number of ether oxygens (including phenoxy) is 3. The number of hydrogen-bond donors (Lipinski definition) is 0. The molecule has 10 heteroatoms. The largest absolute Gasteiger partial charge is 0.469 e. The number of piperidine rings is 1. The van der Waals surface area contributed by atoms with Crippen molar-refractivity contribution in [1.82, 2.24) is 4.90 Å². The Kier molecular flexibility index (Phi) is 11.1. The molecule has 0 spiro atoms. The number of hydrogen-bond acceptors (Lipinski definition) is 8. The third-order valence-electron chi connectivity index (χ3n) is 7.07. The first-order valence-electron chi connectivity index (χ1n) is 14.0. The number of nitrogens with zero attached hydrogens (tertiary/aromatic N) is 3. The van der Waals surface area contributed by atoms with Crippen LogP contribution in [0, 0.1) is 17.2 Å². The molecule has 0 N–H and O–H groups in total. The highest BCUT2D eigenvalue weighted by molar-refractivity contribution is 5.98. The summed E-state index contributed by atoms with van der Waals surface area (Å²) < 4.78 is 15.2. The summed E-state index contributed by atoms with van der Waals surface area (Å²) in [6.45, 7) is 6.98. The number of esters is 2. The number of likely N-dealkylation sites (tertiary alicyclic amines) is 1. The monoisotopic (exact) mass is 577 g/mol. The Hall–Kier alpha value is -4.39. The molecule has 0 bridgehead atoms. The van der Waals surface area contributed by atoms with Crippen LogP contribution in [-0.2, 0) is 23.8 Å². The molecule has 224 valence electrons. The Morgan fingerprint density at radius 3 is 2.31 bits per heavy atom. The molecule has 2 aromatic carbocycles. The fourth-order valence-electron chi connectivity index (χ4n) is 4.82. The Morgan fingerprint density at radius 1 is 0.976 bits per heavy atom. The first-order chi connectivity index (χ1) is 19.9. The lowest BCUT2D eigenvalue weighted by atomic mass is 9.93. The topological polar surface area (TPSA) is 126 Å². The quantitative estimate of drug-likeness (QED) is 0.289. The van der Waals surface area contributed by atoms with Crippen LogP contribution in [0.3, 0.4) is 0 Å². The molecule has 1 aliphatic rings. The molecule has 0 aliphatic carbocycles. The van der Waals surface area contributed by atoms with Gasteiger partial charge in [-0.15, -0.1) is 0 Å². The SMILES string of the molecule is COC(=O)CCC(=O)N(CCC1CCN(C(=O)OC(C)(C)C)CC1)c1cc(C(=O)OC)cc(-c2cccc(C#N)c2)c1. The van der Waals surface area contributed by atoms with Crippen molar-refractivity contribution in [2.75, 3.05) is 38.8 Å². The van der Waals surface area contributed by atoms with Gasteiger partial charge in [-0.1, -0.05) is 12.1 Å². The molecule has 1 heterocycles. The Morgan fingerprint density at radius 2 is 1.69 bits per heavy atom. The molecular formula is C32H39N3O7. The zero-order valence-corrected chi connectivity index (χ0v) is 25.0. The highest BCUT2D eigenvalue weighted by Crippen LogP contribution is 2.30. The molecular weight excluding hydrogens is 538 g/mol. The third-order valence-corrected chi connectivity index (χ3v) is 7.07. The van der Waals surface area contributed by atoms with Crippen LogP contribution < -0.4 is 4.90 Å². The molecule has 0 saturated carbocycles. The van der Waals surface area contributed by atoms with Crippen molar-refractivity contribution < 1.29 is 33.4 Å². The van der Waals surface area contributed by atoms with Crippen LogP contribution in [0.4, 0.5) is 10.5 Å². The van der Waals surface area contributed by atoms with Gasteiger partial charge in [-0.3, -0.25) is 9.59 Å². The van der Waals surface area contributed by atoms with Crippen molar-refractivity contribution in [3.8, 4) is 17.2 Å². The van der Waals surface area contributed by atoms with E-state index < -0.39 is 17.5 Å². The summed E-state index contributed by atoms with van der Waals surface area (Å²) in [6, 6.07) is 14.1. The van der Waals surface area contributed by atoms with Crippen LogP contribution in [0.2, 0.25) is 0 Å². The van der Waals surface area contributed by atoms with Gasteiger partial charge in [0.05, 0.1) is 37.8 Å². The third kappa shape index (κ3) is 9.06. The Balaban J connectivity index is 1.86. The van der Waals surface area contributed by atoms with Crippen molar-refractivity contribution in [3.63, 3.8) is 0 Å². The minimum Gasteiger partial charge on any atom is -0.469 e. The van der Waals surface area contributed by atoms with E-state index in [4.69, 9.17) is 14.2 Å². The van der Waals surface area contributed by atoms with Gasteiger partial charge in [-0.2, -0.15) is 5.26 Å². The minimum absolute atomic E-state index is 0.0640. The van der Waals surface area contributed by atoms with E-state index >= 15 is 0 Å². The number of amides is 2. The van der Waals surface area contributed by atoms with E-state index in [1.54, 1.807) is 46.2 Å². The maximum absolute atomic E-state index is 13.5. The van der Waals surface area contributed by atoms with Crippen molar-refractivity contribution in [3.05, 3.63) is 53.6 Å².